The molecule has 1 saturated heterocycles. The van der Waals surface area contributed by atoms with Crippen LogP contribution in [0, 0.1) is 0 Å². The molecule has 8 heteroatoms. The SMILES string of the molecule is CCOc1ccc(-n2c(SCC(=O)N3[C@H](C)CCC[C@H]3C)nnc2-c2ccc(Cl)cc2)cc1. The van der Waals surface area contributed by atoms with Crippen molar-refractivity contribution in [3.8, 4) is 22.8 Å². The van der Waals surface area contributed by atoms with Gasteiger partial charge in [-0.1, -0.05) is 23.4 Å². The van der Waals surface area contributed by atoms with Gasteiger partial charge in [0.1, 0.15) is 5.75 Å². The Morgan fingerprint density at radius 2 is 1.73 bits per heavy atom. The van der Waals surface area contributed by atoms with E-state index in [0.717, 1.165) is 29.8 Å². The minimum absolute atomic E-state index is 0.147. The standard InChI is InChI=1S/C25H29ClN4O2S/c1-4-32-22-14-12-21(13-15-22)30-24(19-8-10-20(26)11-9-19)27-28-25(30)33-16-23(31)29-17(2)6-5-7-18(29)3/h8-15,17-18H,4-7,16H2,1-3H3/t17-,18-/m1/s1. The molecule has 1 aliphatic heterocycles. The summed E-state index contributed by atoms with van der Waals surface area (Å²) in [7, 11) is 0. The van der Waals surface area contributed by atoms with Crippen LogP contribution in [0.3, 0.4) is 0 Å². The van der Waals surface area contributed by atoms with Crippen LogP contribution in [0.2, 0.25) is 5.02 Å². The fourth-order valence-electron chi connectivity index (χ4n) is 4.35. The van der Waals surface area contributed by atoms with Crippen molar-refractivity contribution >= 4 is 29.3 Å². The first-order chi connectivity index (χ1) is 16.0. The number of hydrogen-bond acceptors (Lipinski definition) is 5. The fraction of sp³-hybridized carbons (Fsp3) is 0.400. The fourth-order valence-corrected chi connectivity index (χ4v) is 5.30. The second kappa shape index (κ2) is 10.6. The molecule has 0 bridgehead atoms. The molecule has 2 heterocycles. The van der Waals surface area contributed by atoms with Gasteiger partial charge in [0.2, 0.25) is 5.91 Å². The van der Waals surface area contributed by atoms with Gasteiger partial charge in [-0.2, -0.15) is 0 Å². The van der Waals surface area contributed by atoms with Gasteiger partial charge in [-0.25, -0.2) is 0 Å². The highest BCUT2D eigenvalue weighted by Crippen LogP contribution is 2.31. The maximum atomic E-state index is 13.1. The monoisotopic (exact) mass is 484 g/mol. The number of likely N-dealkylation sites (tertiary alicyclic amines) is 1. The average molecular weight is 485 g/mol. The third-order valence-electron chi connectivity index (χ3n) is 5.95. The minimum atomic E-state index is 0.147. The smallest absolute Gasteiger partial charge is 0.233 e. The predicted molar refractivity (Wildman–Crippen MR) is 133 cm³/mol. The highest BCUT2D eigenvalue weighted by atomic mass is 35.5. The summed E-state index contributed by atoms with van der Waals surface area (Å²) in [5, 5.41) is 10.2. The van der Waals surface area contributed by atoms with Gasteiger partial charge in [-0.05, 0) is 88.6 Å². The molecule has 0 radical (unpaired) electrons. The van der Waals surface area contributed by atoms with E-state index in [0.29, 0.717) is 28.4 Å². The summed E-state index contributed by atoms with van der Waals surface area (Å²) < 4.78 is 7.58. The third-order valence-corrected chi connectivity index (χ3v) is 7.11. The maximum absolute atomic E-state index is 13.1. The first kappa shape index (κ1) is 23.6. The van der Waals surface area contributed by atoms with Gasteiger partial charge in [0.05, 0.1) is 12.4 Å². The van der Waals surface area contributed by atoms with Crippen molar-refractivity contribution in [1.29, 1.82) is 0 Å². The summed E-state index contributed by atoms with van der Waals surface area (Å²) in [6.07, 6.45) is 3.30. The summed E-state index contributed by atoms with van der Waals surface area (Å²) in [5.41, 5.74) is 1.81. The van der Waals surface area contributed by atoms with Crippen molar-refractivity contribution in [1.82, 2.24) is 19.7 Å². The molecule has 3 aromatic rings. The number of nitrogens with zero attached hydrogens (tertiary/aromatic N) is 4. The number of amides is 1. The van der Waals surface area contributed by atoms with Crippen LogP contribution < -0.4 is 4.74 Å². The molecule has 0 aliphatic carbocycles. The van der Waals surface area contributed by atoms with Crippen LogP contribution in [-0.4, -0.2) is 50.0 Å². The Labute approximate surface area is 204 Å². The number of rotatable bonds is 7. The van der Waals surface area contributed by atoms with Crippen molar-refractivity contribution < 1.29 is 9.53 Å². The molecule has 2 aromatic carbocycles. The van der Waals surface area contributed by atoms with E-state index in [1.165, 1.54) is 18.2 Å². The molecule has 6 nitrogen and oxygen atoms in total. The van der Waals surface area contributed by atoms with Gasteiger partial charge in [0.25, 0.3) is 0 Å². The van der Waals surface area contributed by atoms with Crippen LogP contribution in [-0.2, 0) is 4.79 Å². The second-order valence-electron chi connectivity index (χ2n) is 8.29. The van der Waals surface area contributed by atoms with Gasteiger partial charge in [0, 0.05) is 28.4 Å². The zero-order chi connectivity index (χ0) is 23.4. The summed E-state index contributed by atoms with van der Waals surface area (Å²) in [4.78, 5) is 15.1. The number of carbonyl (C=O) groups excluding carboxylic acids is 1. The molecule has 33 heavy (non-hydrogen) atoms. The lowest BCUT2D eigenvalue weighted by atomic mass is 9.98. The van der Waals surface area contributed by atoms with E-state index >= 15 is 0 Å². The molecule has 0 spiro atoms. The molecule has 0 unspecified atom stereocenters. The van der Waals surface area contributed by atoms with E-state index in [2.05, 4.69) is 24.0 Å². The van der Waals surface area contributed by atoms with Gasteiger partial charge in [-0.3, -0.25) is 9.36 Å². The van der Waals surface area contributed by atoms with Crippen molar-refractivity contribution in [3.63, 3.8) is 0 Å². The van der Waals surface area contributed by atoms with Crippen LogP contribution >= 0.6 is 23.4 Å². The number of halogens is 1. The molecular formula is C25H29ClN4O2S. The number of aromatic nitrogens is 3. The Balaban J connectivity index is 1.63. The maximum Gasteiger partial charge on any atom is 0.233 e. The van der Waals surface area contributed by atoms with Crippen LogP contribution in [0.1, 0.15) is 40.0 Å². The van der Waals surface area contributed by atoms with Crippen LogP contribution in [0.15, 0.2) is 53.7 Å². The van der Waals surface area contributed by atoms with Gasteiger partial charge in [-0.15, -0.1) is 10.2 Å². The number of hydrogen-bond donors (Lipinski definition) is 0. The molecular weight excluding hydrogens is 456 g/mol. The largest absolute Gasteiger partial charge is 0.494 e. The topological polar surface area (TPSA) is 60.2 Å². The second-order valence-corrected chi connectivity index (χ2v) is 9.67. The molecule has 0 saturated carbocycles. The average Bonchev–Trinajstić information content (AvgIpc) is 3.23. The molecule has 0 N–H and O–H groups in total. The molecule has 1 amide bonds. The highest BCUT2D eigenvalue weighted by Gasteiger charge is 2.29. The van der Waals surface area contributed by atoms with Crippen LogP contribution in [0.5, 0.6) is 5.75 Å². The van der Waals surface area contributed by atoms with Crippen LogP contribution in [0.4, 0.5) is 0 Å². The number of benzene rings is 2. The number of piperidine rings is 1. The van der Waals surface area contributed by atoms with Gasteiger partial charge in [0.15, 0.2) is 11.0 Å². The van der Waals surface area contributed by atoms with Crippen molar-refractivity contribution in [2.75, 3.05) is 12.4 Å². The predicted octanol–water partition coefficient (Wildman–Crippen LogP) is 5.87. The summed E-state index contributed by atoms with van der Waals surface area (Å²) in [6, 6.07) is 15.9. The van der Waals surface area contributed by atoms with Gasteiger partial charge >= 0.3 is 0 Å². The molecule has 4 rings (SSSR count). The van der Waals surface area contributed by atoms with E-state index in [1.54, 1.807) is 0 Å². The normalized spacial score (nSPS) is 18.4. The van der Waals surface area contributed by atoms with E-state index in [-0.39, 0.29) is 18.0 Å². The zero-order valence-corrected chi connectivity index (χ0v) is 20.8. The number of ether oxygens (including phenoxy) is 1. The number of carbonyl (C=O) groups is 1. The number of thioether (sulfide) groups is 1. The Bertz CT molecular complexity index is 1070. The highest BCUT2D eigenvalue weighted by molar-refractivity contribution is 7.99. The van der Waals surface area contributed by atoms with Crippen LogP contribution in [0.25, 0.3) is 17.1 Å². The molecule has 1 fully saturated rings. The Hall–Kier alpha value is -2.51. The lowest BCUT2D eigenvalue weighted by Crippen LogP contribution is -2.48. The van der Waals surface area contributed by atoms with Gasteiger partial charge < -0.3 is 9.64 Å². The summed E-state index contributed by atoms with van der Waals surface area (Å²) in [6.45, 7) is 6.85. The van der Waals surface area contributed by atoms with E-state index in [4.69, 9.17) is 16.3 Å². The Morgan fingerprint density at radius 3 is 2.36 bits per heavy atom. The minimum Gasteiger partial charge on any atom is -0.494 e. The third kappa shape index (κ3) is 5.36. The van der Waals surface area contributed by atoms with Crippen molar-refractivity contribution in [2.24, 2.45) is 0 Å². The molecule has 174 valence electrons. The van der Waals surface area contributed by atoms with Crippen molar-refractivity contribution in [2.45, 2.75) is 57.3 Å². The zero-order valence-electron chi connectivity index (χ0n) is 19.2. The van der Waals surface area contributed by atoms with Crippen molar-refractivity contribution in [3.05, 3.63) is 53.6 Å². The lowest BCUT2D eigenvalue weighted by molar-refractivity contribution is -0.134. The molecule has 1 aliphatic rings. The van der Waals surface area contributed by atoms with E-state index in [9.17, 15) is 4.79 Å². The van der Waals surface area contributed by atoms with E-state index in [1.807, 2.05) is 64.9 Å². The van der Waals surface area contributed by atoms with E-state index < -0.39 is 0 Å². The lowest BCUT2D eigenvalue weighted by Gasteiger charge is -2.39. The molecule has 2 atom stereocenters. The first-order valence-electron chi connectivity index (χ1n) is 11.4. The quantitative estimate of drug-likeness (QED) is 0.392. The Morgan fingerprint density at radius 1 is 1.06 bits per heavy atom. The Kier molecular flexibility index (Phi) is 7.60. The molecule has 1 aromatic heterocycles. The first-order valence-corrected chi connectivity index (χ1v) is 12.7. The summed E-state index contributed by atoms with van der Waals surface area (Å²) >= 11 is 7.51. The summed E-state index contributed by atoms with van der Waals surface area (Å²) in [5.74, 6) is 1.98.